The molecule has 0 heterocycles. The standard InChI is InChI=1S/C27H26N2O3/c30-26(28-18-22-7-4-8-24(17-22)29-27(31)23-12-13-23)16-11-20-9-14-25(15-10-20)32-19-21-5-2-1-3-6-21/h1-11,14-17,23H,12-13,18-19H2,(H,28,30)(H,29,31)/b16-11+. The van der Waals surface area contributed by atoms with E-state index in [0.717, 1.165) is 41.0 Å². The van der Waals surface area contributed by atoms with Gasteiger partial charge < -0.3 is 15.4 Å². The molecule has 4 rings (SSSR count). The minimum Gasteiger partial charge on any atom is -0.489 e. The lowest BCUT2D eigenvalue weighted by Gasteiger charge is -2.08. The summed E-state index contributed by atoms with van der Waals surface area (Å²) in [6, 6.07) is 25.2. The molecule has 0 saturated heterocycles. The third-order valence-electron chi connectivity index (χ3n) is 5.16. The van der Waals surface area contributed by atoms with Crippen LogP contribution in [0.1, 0.15) is 29.5 Å². The van der Waals surface area contributed by atoms with Crippen LogP contribution in [0.15, 0.2) is 84.9 Å². The van der Waals surface area contributed by atoms with Gasteiger partial charge in [0.25, 0.3) is 0 Å². The largest absolute Gasteiger partial charge is 0.489 e. The van der Waals surface area contributed by atoms with Crippen LogP contribution in [0.3, 0.4) is 0 Å². The van der Waals surface area contributed by atoms with E-state index in [-0.39, 0.29) is 17.7 Å². The van der Waals surface area contributed by atoms with Crippen LogP contribution in [0.2, 0.25) is 0 Å². The molecule has 1 fully saturated rings. The fourth-order valence-electron chi connectivity index (χ4n) is 3.18. The van der Waals surface area contributed by atoms with Crippen LogP contribution in [-0.2, 0) is 22.7 Å². The topological polar surface area (TPSA) is 67.4 Å². The summed E-state index contributed by atoms with van der Waals surface area (Å²) in [4.78, 5) is 24.1. The smallest absolute Gasteiger partial charge is 0.244 e. The quantitative estimate of drug-likeness (QED) is 0.476. The molecule has 0 atom stereocenters. The molecule has 0 aliphatic heterocycles. The molecule has 32 heavy (non-hydrogen) atoms. The summed E-state index contributed by atoms with van der Waals surface area (Å²) in [5.74, 6) is 0.838. The van der Waals surface area contributed by atoms with Crippen LogP contribution in [0.4, 0.5) is 5.69 Å². The van der Waals surface area contributed by atoms with Crippen molar-refractivity contribution in [3.05, 3.63) is 102 Å². The maximum Gasteiger partial charge on any atom is 0.244 e. The van der Waals surface area contributed by atoms with Crippen LogP contribution in [0.5, 0.6) is 5.75 Å². The first kappa shape index (κ1) is 21.4. The lowest BCUT2D eigenvalue weighted by Crippen LogP contribution is -2.20. The minimum atomic E-state index is -0.179. The SMILES string of the molecule is O=C(/C=C/c1ccc(OCc2ccccc2)cc1)NCc1cccc(NC(=O)C2CC2)c1. The third kappa shape index (κ3) is 6.57. The van der Waals surface area contributed by atoms with Crippen LogP contribution in [0, 0.1) is 5.92 Å². The van der Waals surface area contributed by atoms with Gasteiger partial charge in [0.1, 0.15) is 12.4 Å². The number of anilines is 1. The van der Waals surface area contributed by atoms with Crippen molar-refractivity contribution < 1.29 is 14.3 Å². The van der Waals surface area contributed by atoms with Crippen molar-refractivity contribution in [1.29, 1.82) is 0 Å². The molecule has 5 heteroatoms. The van der Waals surface area contributed by atoms with E-state index in [2.05, 4.69) is 10.6 Å². The Morgan fingerprint density at radius 1 is 0.906 bits per heavy atom. The zero-order valence-electron chi connectivity index (χ0n) is 17.8. The fourth-order valence-corrected chi connectivity index (χ4v) is 3.18. The van der Waals surface area contributed by atoms with Crippen LogP contribution < -0.4 is 15.4 Å². The van der Waals surface area contributed by atoms with Gasteiger partial charge in [-0.15, -0.1) is 0 Å². The molecule has 0 unspecified atom stereocenters. The van der Waals surface area contributed by atoms with Crippen molar-refractivity contribution in [1.82, 2.24) is 5.32 Å². The molecule has 0 radical (unpaired) electrons. The molecule has 2 N–H and O–H groups in total. The first-order chi connectivity index (χ1) is 15.7. The number of carbonyl (C=O) groups is 2. The fraction of sp³-hybridized carbons (Fsp3) is 0.185. The van der Waals surface area contributed by atoms with Gasteiger partial charge in [0.15, 0.2) is 0 Å². The van der Waals surface area contributed by atoms with Crippen molar-refractivity contribution in [3.63, 3.8) is 0 Å². The molecular weight excluding hydrogens is 400 g/mol. The molecule has 3 aromatic carbocycles. The molecule has 0 aromatic heterocycles. The third-order valence-corrected chi connectivity index (χ3v) is 5.16. The number of benzene rings is 3. The van der Waals surface area contributed by atoms with E-state index in [9.17, 15) is 9.59 Å². The summed E-state index contributed by atoms with van der Waals surface area (Å²) in [6.45, 7) is 0.909. The maximum atomic E-state index is 12.2. The van der Waals surface area contributed by atoms with E-state index in [4.69, 9.17) is 4.74 Å². The van der Waals surface area contributed by atoms with Gasteiger partial charge in [0.05, 0.1) is 0 Å². The molecule has 3 aromatic rings. The molecule has 1 aliphatic carbocycles. The molecular formula is C27H26N2O3. The molecule has 162 valence electrons. The Morgan fingerprint density at radius 2 is 1.66 bits per heavy atom. The van der Waals surface area contributed by atoms with Gasteiger partial charge in [-0.3, -0.25) is 9.59 Å². The summed E-state index contributed by atoms with van der Waals surface area (Å²) in [7, 11) is 0. The number of ether oxygens (including phenoxy) is 1. The summed E-state index contributed by atoms with van der Waals surface area (Å²) < 4.78 is 5.78. The number of carbonyl (C=O) groups excluding carboxylic acids is 2. The summed E-state index contributed by atoms with van der Waals surface area (Å²) >= 11 is 0. The Kier molecular flexibility index (Phi) is 6.98. The molecule has 2 amide bonds. The average molecular weight is 427 g/mol. The highest BCUT2D eigenvalue weighted by molar-refractivity contribution is 5.94. The first-order valence-corrected chi connectivity index (χ1v) is 10.8. The highest BCUT2D eigenvalue weighted by atomic mass is 16.5. The van der Waals surface area contributed by atoms with Crippen LogP contribution in [-0.4, -0.2) is 11.8 Å². The van der Waals surface area contributed by atoms with Crippen molar-refractivity contribution in [2.45, 2.75) is 26.0 Å². The maximum absolute atomic E-state index is 12.2. The highest BCUT2D eigenvalue weighted by Crippen LogP contribution is 2.30. The second-order valence-electron chi connectivity index (χ2n) is 7.86. The summed E-state index contributed by atoms with van der Waals surface area (Å²) in [6.07, 6.45) is 5.22. The Balaban J connectivity index is 1.23. The van der Waals surface area contributed by atoms with Crippen molar-refractivity contribution in [3.8, 4) is 5.75 Å². The van der Waals surface area contributed by atoms with Crippen LogP contribution in [0.25, 0.3) is 6.08 Å². The second-order valence-corrected chi connectivity index (χ2v) is 7.86. The predicted octanol–water partition coefficient (Wildman–Crippen LogP) is 4.94. The average Bonchev–Trinajstić information content (AvgIpc) is 3.67. The van der Waals surface area contributed by atoms with Crippen molar-refractivity contribution in [2.24, 2.45) is 5.92 Å². The van der Waals surface area contributed by atoms with Crippen LogP contribution >= 0.6 is 0 Å². The minimum absolute atomic E-state index is 0.0746. The van der Waals surface area contributed by atoms with Gasteiger partial charge in [-0.05, 0) is 59.9 Å². The van der Waals surface area contributed by atoms with Gasteiger partial charge >= 0.3 is 0 Å². The lowest BCUT2D eigenvalue weighted by molar-refractivity contribution is -0.117. The lowest BCUT2D eigenvalue weighted by atomic mass is 10.2. The Bertz CT molecular complexity index is 1090. The van der Waals surface area contributed by atoms with Gasteiger partial charge in [0.2, 0.25) is 11.8 Å². The van der Waals surface area contributed by atoms with Crippen molar-refractivity contribution >= 4 is 23.6 Å². The molecule has 0 bridgehead atoms. The normalized spacial score (nSPS) is 13.0. The van der Waals surface area contributed by atoms with E-state index >= 15 is 0 Å². The van der Waals surface area contributed by atoms with E-state index in [0.29, 0.717) is 13.2 Å². The van der Waals surface area contributed by atoms with Gasteiger partial charge in [-0.2, -0.15) is 0 Å². The van der Waals surface area contributed by atoms with Crippen molar-refractivity contribution in [2.75, 3.05) is 5.32 Å². The van der Waals surface area contributed by atoms with Gasteiger partial charge in [-0.1, -0.05) is 54.6 Å². The molecule has 1 aliphatic rings. The zero-order chi connectivity index (χ0) is 22.2. The summed E-state index contributed by atoms with van der Waals surface area (Å²) in [5, 5.41) is 5.80. The molecule has 5 nitrogen and oxygen atoms in total. The number of hydrogen-bond donors (Lipinski definition) is 2. The summed E-state index contributed by atoms with van der Waals surface area (Å²) in [5.41, 5.74) is 3.72. The number of hydrogen-bond acceptors (Lipinski definition) is 3. The van der Waals surface area contributed by atoms with E-state index < -0.39 is 0 Å². The Labute approximate surface area is 188 Å². The molecule has 1 saturated carbocycles. The Hall–Kier alpha value is -3.86. The van der Waals surface area contributed by atoms with Gasteiger partial charge in [0, 0.05) is 24.2 Å². The van der Waals surface area contributed by atoms with Gasteiger partial charge in [-0.25, -0.2) is 0 Å². The predicted molar refractivity (Wildman–Crippen MR) is 126 cm³/mol. The number of nitrogens with one attached hydrogen (secondary N) is 2. The molecule has 0 spiro atoms. The highest BCUT2D eigenvalue weighted by Gasteiger charge is 2.29. The Morgan fingerprint density at radius 3 is 2.41 bits per heavy atom. The van der Waals surface area contributed by atoms with E-state index in [1.165, 1.54) is 6.08 Å². The van der Waals surface area contributed by atoms with E-state index in [1.54, 1.807) is 6.08 Å². The monoisotopic (exact) mass is 426 g/mol. The number of amides is 2. The zero-order valence-corrected chi connectivity index (χ0v) is 17.8. The van der Waals surface area contributed by atoms with E-state index in [1.807, 2.05) is 78.9 Å². The number of rotatable bonds is 9. The second kappa shape index (κ2) is 10.4. The first-order valence-electron chi connectivity index (χ1n) is 10.8.